The van der Waals surface area contributed by atoms with Gasteiger partial charge in [-0.05, 0) is 38.1 Å². The molecular formula is C12H13O4. The van der Waals surface area contributed by atoms with E-state index in [9.17, 15) is 9.59 Å². The number of benzene rings is 1. The highest BCUT2D eigenvalue weighted by Gasteiger charge is 2.11. The highest BCUT2D eigenvalue weighted by Crippen LogP contribution is 2.07. The van der Waals surface area contributed by atoms with E-state index < -0.39 is 11.9 Å². The van der Waals surface area contributed by atoms with E-state index in [1.165, 1.54) is 18.2 Å². The number of rotatable bonds is 4. The molecule has 0 unspecified atom stereocenters. The Balaban J connectivity index is 2.86. The van der Waals surface area contributed by atoms with Gasteiger partial charge >= 0.3 is 11.9 Å². The van der Waals surface area contributed by atoms with E-state index >= 15 is 0 Å². The summed E-state index contributed by atoms with van der Waals surface area (Å²) in [7, 11) is 0. The van der Waals surface area contributed by atoms with E-state index in [4.69, 9.17) is 9.47 Å². The summed E-state index contributed by atoms with van der Waals surface area (Å²) in [5.74, 6) is -0.935. The van der Waals surface area contributed by atoms with Crippen molar-refractivity contribution in [2.75, 3.05) is 13.2 Å². The predicted octanol–water partition coefficient (Wildman–Crippen LogP) is 1.84. The van der Waals surface area contributed by atoms with Crippen molar-refractivity contribution in [3.63, 3.8) is 0 Å². The molecule has 0 fully saturated rings. The Morgan fingerprint density at radius 3 is 1.88 bits per heavy atom. The molecule has 0 spiro atoms. The predicted molar refractivity (Wildman–Crippen MR) is 57.2 cm³/mol. The molecule has 16 heavy (non-hydrogen) atoms. The van der Waals surface area contributed by atoms with Crippen LogP contribution in [0.3, 0.4) is 0 Å². The van der Waals surface area contributed by atoms with Gasteiger partial charge in [0.05, 0.1) is 24.3 Å². The smallest absolute Gasteiger partial charge is 0.338 e. The van der Waals surface area contributed by atoms with Gasteiger partial charge in [0.1, 0.15) is 0 Å². The first-order chi connectivity index (χ1) is 7.69. The molecule has 0 N–H and O–H groups in total. The Bertz CT molecular complexity index is 351. The molecule has 0 aliphatic rings. The summed E-state index contributed by atoms with van der Waals surface area (Å²) in [4.78, 5) is 22.8. The SMILES string of the molecule is CCOC(=O)c1c[c]cc(C(=O)OCC)c1. The summed E-state index contributed by atoms with van der Waals surface area (Å²) in [6.45, 7) is 4.03. The average molecular weight is 221 g/mol. The van der Waals surface area contributed by atoms with E-state index in [1.807, 2.05) is 0 Å². The number of hydrogen-bond donors (Lipinski definition) is 0. The molecule has 0 aliphatic carbocycles. The lowest BCUT2D eigenvalue weighted by atomic mass is 10.1. The molecule has 0 bridgehead atoms. The average Bonchev–Trinajstić information content (AvgIpc) is 2.30. The van der Waals surface area contributed by atoms with Crippen LogP contribution in [0, 0.1) is 6.07 Å². The topological polar surface area (TPSA) is 52.6 Å². The number of hydrogen-bond acceptors (Lipinski definition) is 4. The number of ether oxygens (including phenoxy) is 2. The molecule has 1 aromatic carbocycles. The zero-order valence-electron chi connectivity index (χ0n) is 9.28. The van der Waals surface area contributed by atoms with Crippen molar-refractivity contribution in [1.82, 2.24) is 0 Å². The first-order valence-electron chi connectivity index (χ1n) is 5.04. The lowest BCUT2D eigenvalue weighted by molar-refractivity contribution is 0.0525. The van der Waals surface area contributed by atoms with Crippen molar-refractivity contribution in [1.29, 1.82) is 0 Å². The van der Waals surface area contributed by atoms with Crippen LogP contribution in [-0.4, -0.2) is 25.2 Å². The van der Waals surface area contributed by atoms with Crippen LogP contribution >= 0.6 is 0 Å². The summed E-state index contributed by atoms with van der Waals surface area (Å²) in [6, 6.07) is 7.09. The van der Waals surface area contributed by atoms with Gasteiger partial charge in [0.2, 0.25) is 0 Å². The van der Waals surface area contributed by atoms with Gasteiger partial charge < -0.3 is 9.47 Å². The molecule has 0 saturated heterocycles. The standard InChI is InChI=1S/C12H13O4/c1-3-15-11(13)9-6-5-7-10(8-9)12(14)16-4-2/h6-8H,3-4H2,1-2H3. The van der Waals surface area contributed by atoms with Gasteiger partial charge in [0.25, 0.3) is 0 Å². The van der Waals surface area contributed by atoms with E-state index in [2.05, 4.69) is 6.07 Å². The lowest BCUT2D eigenvalue weighted by Gasteiger charge is -2.04. The normalized spacial score (nSPS) is 9.62. The lowest BCUT2D eigenvalue weighted by Crippen LogP contribution is -2.08. The molecule has 0 heterocycles. The van der Waals surface area contributed by atoms with Gasteiger partial charge in [-0.25, -0.2) is 9.59 Å². The monoisotopic (exact) mass is 221 g/mol. The number of carbonyl (C=O) groups is 2. The van der Waals surface area contributed by atoms with Crippen LogP contribution < -0.4 is 0 Å². The van der Waals surface area contributed by atoms with Gasteiger partial charge in [0.15, 0.2) is 0 Å². The summed E-state index contributed by atoms with van der Waals surface area (Å²) < 4.78 is 9.62. The number of esters is 2. The van der Waals surface area contributed by atoms with Gasteiger partial charge in [-0.15, -0.1) is 0 Å². The van der Waals surface area contributed by atoms with E-state index in [0.717, 1.165) is 0 Å². The molecule has 1 aromatic rings. The molecule has 85 valence electrons. The summed E-state index contributed by atoms with van der Waals surface area (Å²) in [6.07, 6.45) is 0. The van der Waals surface area contributed by atoms with Crippen LogP contribution in [0.2, 0.25) is 0 Å². The van der Waals surface area contributed by atoms with Crippen molar-refractivity contribution in [3.8, 4) is 0 Å². The fraction of sp³-hybridized carbons (Fsp3) is 0.333. The third-order valence-electron chi connectivity index (χ3n) is 1.81. The zero-order chi connectivity index (χ0) is 12.0. The maximum atomic E-state index is 11.4. The molecule has 4 nitrogen and oxygen atoms in total. The Morgan fingerprint density at radius 1 is 1.06 bits per heavy atom. The van der Waals surface area contributed by atoms with Crippen LogP contribution in [0.5, 0.6) is 0 Å². The van der Waals surface area contributed by atoms with Crippen LogP contribution in [-0.2, 0) is 9.47 Å². The highest BCUT2D eigenvalue weighted by atomic mass is 16.5. The molecule has 1 radical (unpaired) electrons. The minimum atomic E-state index is -0.468. The third kappa shape index (κ3) is 3.08. The first kappa shape index (κ1) is 12.2. The van der Waals surface area contributed by atoms with Crippen LogP contribution in [0.15, 0.2) is 18.2 Å². The second-order valence-corrected chi connectivity index (χ2v) is 2.95. The molecule has 0 saturated carbocycles. The van der Waals surface area contributed by atoms with Gasteiger partial charge in [-0.1, -0.05) is 0 Å². The van der Waals surface area contributed by atoms with Crippen molar-refractivity contribution >= 4 is 11.9 Å². The van der Waals surface area contributed by atoms with Gasteiger partial charge in [0, 0.05) is 0 Å². The van der Waals surface area contributed by atoms with Gasteiger partial charge in [-0.3, -0.25) is 0 Å². The van der Waals surface area contributed by atoms with Crippen molar-refractivity contribution in [2.45, 2.75) is 13.8 Å². The Kier molecular flexibility index (Phi) is 4.51. The summed E-state index contributed by atoms with van der Waals surface area (Å²) in [5.41, 5.74) is 0.597. The van der Waals surface area contributed by atoms with Crippen molar-refractivity contribution in [3.05, 3.63) is 35.4 Å². The quantitative estimate of drug-likeness (QED) is 0.728. The maximum Gasteiger partial charge on any atom is 0.338 e. The molecule has 0 aliphatic heterocycles. The second kappa shape index (κ2) is 5.90. The van der Waals surface area contributed by atoms with E-state index in [-0.39, 0.29) is 0 Å². The Labute approximate surface area is 94.2 Å². The molecule has 1 rings (SSSR count). The highest BCUT2D eigenvalue weighted by molar-refractivity contribution is 5.95. The number of carbonyl (C=O) groups excluding carboxylic acids is 2. The van der Waals surface area contributed by atoms with Crippen molar-refractivity contribution < 1.29 is 19.1 Å². The van der Waals surface area contributed by atoms with Crippen LogP contribution in [0.25, 0.3) is 0 Å². The minimum absolute atomic E-state index is 0.294. The summed E-state index contributed by atoms with van der Waals surface area (Å²) in [5, 5.41) is 0. The maximum absolute atomic E-state index is 11.4. The third-order valence-corrected chi connectivity index (χ3v) is 1.81. The van der Waals surface area contributed by atoms with Gasteiger partial charge in [-0.2, -0.15) is 0 Å². The zero-order valence-corrected chi connectivity index (χ0v) is 9.28. The van der Waals surface area contributed by atoms with E-state index in [1.54, 1.807) is 13.8 Å². The second-order valence-electron chi connectivity index (χ2n) is 2.95. The molecule has 0 atom stereocenters. The summed E-state index contributed by atoms with van der Waals surface area (Å²) >= 11 is 0. The Hall–Kier alpha value is -1.84. The minimum Gasteiger partial charge on any atom is -0.462 e. The fourth-order valence-electron chi connectivity index (χ4n) is 1.14. The first-order valence-corrected chi connectivity index (χ1v) is 5.04. The molecule has 0 amide bonds. The fourth-order valence-corrected chi connectivity index (χ4v) is 1.14. The van der Waals surface area contributed by atoms with Crippen LogP contribution in [0.1, 0.15) is 34.6 Å². The van der Waals surface area contributed by atoms with E-state index in [0.29, 0.717) is 24.3 Å². The molecule has 0 aromatic heterocycles. The Morgan fingerprint density at radius 2 is 1.50 bits per heavy atom. The van der Waals surface area contributed by atoms with Crippen molar-refractivity contribution in [2.24, 2.45) is 0 Å². The molecular weight excluding hydrogens is 208 g/mol. The molecule has 4 heteroatoms. The largest absolute Gasteiger partial charge is 0.462 e. The van der Waals surface area contributed by atoms with Crippen LogP contribution in [0.4, 0.5) is 0 Å².